The number of ether oxygens (including phenoxy) is 1. The molecule has 2 heterocycles. The minimum absolute atomic E-state index is 0.0536. The Bertz CT molecular complexity index is 700. The van der Waals surface area contributed by atoms with Crippen LogP contribution in [-0.4, -0.2) is 35.9 Å². The molecule has 7 nitrogen and oxygen atoms in total. The van der Waals surface area contributed by atoms with Crippen molar-refractivity contribution in [1.82, 2.24) is 4.90 Å². The maximum atomic E-state index is 12.3. The van der Waals surface area contributed by atoms with Gasteiger partial charge in [-0.3, -0.25) is 4.90 Å². The number of benzene rings is 1. The summed E-state index contributed by atoms with van der Waals surface area (Å²) in [5, 5.41) is 3.68. The normalized spacial score (nSPS) is 18.2. The highest BCUT2D eigenvalue weighted by molar-refractivity contribution is 5.83. The minimum atomic E-state index is -0.410. The smallest absolute Gasteiger partial charge is 0.352 e. The maximum absolute atomic E-state index is 12.3. The number of amidine groups is 1. The van der Waals surface area contributed by atoms with Gasteiger partial charge in [0.1, 0.15) is 24.2 Å². The molecule has 0 aliphatic carbocycles. The number of likely N-dealkylation sites (tertiary alicyclic amines) is 1. The molecule has 0 spiro atoms. The number of furan rings is 1. The van der Waals surface area contributed by atoms with Crippen LogP contribution in [0.2, 0.25) is 0 Å². The van der Waals surface area contributed by atoms with Crippen LogP contribution >= 0.6 is 0 Å². The van der Waals surface area contributed by atoms with Crippen LogP contribution in [0.5, 0.6) is 5.75 Å². The van der Waals surface area contributed by atoms with Crippen LogP contribution in [0.4, 0.5) is 0 Å². The monoisotopic (exact) mass is 343 g/mol. The molecule has 25 heavy (non-hydrogen) atoms. The van der Waals surface area contributed by atoms with Crippen LogP contribution in [0.3, 0.4) is 0 Å². The lowest BCUT2D eigenvalue weighted by molar-refractivity contribution is -0.149. The van der Waals surface area contributed by atoms with Crippen molar-refractivity contribution in [3.63, 3.8) is 0 Å². The Labute approximate surface area is 146 Å². The van der Waals surface area contributed by atoms with Gasteiger partial charge in [-0.2, -0.15) is 0 Å². The van der Waals surface area contributed by atoms with Gasteiger partial charge in [0.25, 0.3) is 0 Å². The molecular weight excluding hydrogens is 322 g/mol. The SMILES string of the molecule is N/C(COc1ccccc1)=N\OC(=O)C1CCCN1Cc1ccco1. The van der Waals surface area contributed by atoms with Crippen molar-refractivity contribution >= 4 is 11.8 Å². The molecule has 132 valence electrons. The van der Waals surface area contributed by atoms with Gasteiger partial charge in [0.2, 0.25) is 0 Å². The summed E-state index contributed by atoms with van der Waals surface area (Å²) in [6.45, 7) is 1.44. The van der Waals surface area contributed by atoms with Crippen molar-refractivity contribution in [2.24, 2.45) is 10.9 Å². The largest absolute Gasteiger partial charge is 0.486 e. The number of nitrogens with two attached hydrogens (primary N) is 1. The highest BCUT2D eigenvalue weighted by Crippen LogP contribution is 2.21. The van der Waals surface area contributed by atoms with Crippen molar-refractivity contribution in [3.05, 3.63) is 54.5 Å². The Hall–Kier alpha value is -2.80. The highest BCUT2D eigenvalue weighted by Gasteiger charge is 2.32. The number of nitrogens with zero attached hydrogens (tertiary/aromatic N) is 2. The van der Waals surface area contributed by atoms with E-state index in [-0.39, 0.29) is 18.5 Å². The Balaban J connectivity index is 1.48. The molecule has 2 N–H and O–H groups in total. The van der Waals surface area contributed by atoms with E-state index >= 15 is 0 Å². The molecular formula is C18H21N3O4. The number of carbonyl (C=O) groups is 1. The molecule has 1 aromatic carbocycles. The predicted octanol–water partition coefficient (Wildman–Crippen LogP) is 2.14. The number of hydrogen-bond acceptors (Lipinski definition) is 6. The van der Waals surface area contributed by atoms with E-state index in [0.29, 0.717) is 12.3 Å². The fourth-order valence-electron chi connectivity index (χ4n) is 2.75. The molecule has 1 aromatic heterocycles. The maximum Gasteiger partial charge on any atom is 0.352 e. The van der Waals surface area contributed by atoms with Gasteiger partial charge in [0.15, 0.2) is 5.84 Å². The fraction of sp³-hybridized carbons (Fsp3) is 0.333. The van der Waals surface area contributed by atoms with Gasteiger partial charge in [-0.25, -0.2) is 4.79 Å². The molecule has 1 unspecified atom stereocenters. The Morgan fingerprint density at radius 3 is 2.88 bits per heavy atom. The summed E-state index contributed by atoms with van der Waals surface area (Å²) in [6, 6.07) is 12.6. The molecule has 1 aliphatic heterocycles. The van der Waals surface area contributed by atoms with Crippen LogP contribution in [0, 0.1) is 0 Å². The van der Waals surface area contributed by atoms with E-state index < -0.39 is 5.97 Å². The quantitative estimate of drug-likeness (QED) is 0.358. The van der Waals surface area contributed by atoms with Crippen molar-refractivity contribution in [2.45, 2.75) is 25.4 Å². The summed E-state index contributed by atoms with van der Waals surface area (Å²) >= 11 is 0. The Kier molecular flexibility index (Phi) is 5.69. The van der Waals surface area contributed by atoms with E-state index in [0.717, 1.165) is 25.1 Å². The highest BCUT2D eigenvalue weighted by atomic mass is 16.7. The van der Waals surface area contributed by atoms with Gasteiger partial charge in [0, 0.05) is 0 Å². The lowest BCUT2D eigenvalue weighted by atomic mass is 10.2. The third-order valence-corrected chi connectivity index (χ3v) is 3.96. The molecule has 0 amide bonds. The van der Waals surface area contributed by atoms with Crippen LogP contribution in [0.25, 0.3) is 0 Å². The van der Waals surface area contributed by atoms with E-state index in [9.17, 15) is 4.79 Å². The van der Waals surface area contributed by atoms with Gasteiger partial charge in [-0.1, -0.05) is 23.4 Å². The molecule has 7 heteroatoms. The van der Waals surface area contributed by atoms with Crippen molar-refractivity contribution < 1.29 is 18.8 Å². The second-order valence-electron chi connectivity index (χ2n) is 5.80. The number of oxime groups is 1. The zero-order valence-electron chi connectivity index (χ0n) is 13.8. The first kappa shape index (κ1) is 17.0. The standard InChI is InChI=1S/C18H21N3O4/c19-17(13-24-14-6-2-1-3-7-14)20-25-18(22)16-9-4-10-21(16)12-15-8-5-11-23-15/h1-3,5-8,11,16H,4,9-10,12-13H2,(H2,19,20). The van der Waals surface area contributed by atoms with E-state index in [4.69, 9.17) is 19.7 Å². The molecule has 1 atom stereocenters. The summed E-state index contributed by atoms with van der Waals surface area (Å²) in [5.41, 5.74) is 5.73. The van der Waals surface area contributed by atoms with Gasteiger partial charge >= 0.3 is 5.97 Å². The van der Waals surface area contributed by atoms with Gasteiger partial charge in [0.05, 0.1) is 12.8 Å². The first-order valence-electron chi connectivity index (χ1n) is 8.20. The van der Waals surface area contributed by atoms with E-state index in [2.05, 4.69) is 5.16 Å². The van der Waals surface area contributed by atoms with Gasteiger partial charge in [-0.05, 0) is 43.7 Å². The van der Waals surface area contributed by atoms with Crippen LogP contribution in [0.1, 0.15) is 18.6 Å². The Morgan fingerprint density at radius 2 is 2.12 bits per heavy atom. The molecule has 2 aromatic rings. The second kappa shape index (κ2) is 8.34. The third kappa shape index (κ3) is 4.84. The number of para-hydroxylation sites is 1. The molecule has 1 fully saturated rings. The third-order valence-electron chi connectivity index (χ3n) is 3.96. The summed E-state index contributed by atoms with van der Waals surface area (Å²) in [5.74, 6) is 1.19. The first-order valence-corrected chi connectivity index (χ1v) is 8.20. The lowest BCUT2D eigenvalue weighted by Gasteiger charge is -2.20. The van der Waals surface area contributed by atoms with Crippen LogP contribution in [0.15, 0.2) is 58.3 Å². The zero-order valence-corrected chi connectivity index (χ0v) is 13.8. The van der Waals surface area contributed by atoms with Crippen molar-refractivity contribution in [1.29, 1.82) is 0 Å². The van der Waals surface area contributed by atoms with Crippen molar-refractivity contribution in [2.75, 3.05) is 13.2 Å². The minimum Gasteiger partial charge on any atom is -0.486 e. The Morgan fingerprint density at radius 1 is 1.28 bits per heavy atom. The second-order valence-corrected chi connectivity index (χ2v) is 5.80. The van der Waals surface area contributed by atoms with E-state index in [1.54, 1.807) is 6.26 Å². The van der Waals surface area contributed by atoms with Crippen LogP contribution in [-0.2, 0) is 16.2 Å². The summed E-state index contributed by atoms with van der Waals surface area (Å²) < 4.78 is 10.8. The lowest BCUT2D eigenvalue weighted by Crippen LogP contribution is -2.36. The van der Waals surface area contributed by atoms with Gasteiger partial charge < -0.3 is 19.7 Å². The fourth-order valence-corrected chi connectivity index (χ4v) is 2.75. The van der Waals surface area contributed by atoms with E-state index in [1.165, 1.54) is 0 Å². The molecule has 3 rings (SSSR count). The molecule has 1 aliphatic rings. The van der Waals surface area contributed by atoms with E-state index in [1.807, 2.05) is 47.4 Å². The topological polar surface area (TPSA) is 90.3 Å². The van der Waals surface area contributed by atoms with Gasteiger partial charge in [-0.15, -0.1) is 0 Å². The predicted molar refractivity (Wildman–Crippen MR) is 91.8 cm³/mol. The number of carbonyl (C=O) groups excluding carboxylic acids is 1. The molecule has 1 saturated heterocycles. The summed E-state index contributed by atoms with van der Waals surface area (Å²) in [6.07, 6.45) is 3.28. The number of hydrogen-bond donors (Lipinski definition) is 1. The molecule has 0 saturated carbocycles. The molecule has 0 bridgehead atoms. The average molecular weight is 343 g/mol. The zero-order chi connectivity index (χ0) is 17.5. The molecule has 0 radical (unpaired) electrons. The average Bonchev–Trinajstić information content (AvgIpc) is 3.31. The van der Waals surface area contributed by atoms with Crippen LogP contribution < -0.4 is 10.5 Å². The summed E-state index contributed by atoms with van der Waals surface area (Å²) in [7, 11) is 0. The first-order chi connectivity index (χ1) is 12.2. The number of rotatable bonds is 7. The van der Waals surface area contributed by atoms with Crippen molar-refractivity contribution in [3.8, 4) is 5.75 Å². The summed E-state index contributed by atoms with van der Waals surface area (Å²) in [4.78, 5) is 19.3.